The molecule has 8 heteroatoms. The smallest absolute Gasteiger partial charge is 0.492 e. The molecule has 1 rings (SSSR count). The van der Waals surface area contributed by atoms with Crippen LogP contribution in [0.25, 0.3) is 0 Å². The molecule has 0 fully saturated rings. The van der Waals surface area contributed by atoms with Crippen LogP contribution in [-0.2, 0) is 5.33 Å². The van der Waals surface area contributed by atoms with Gasteiger partial charge in [0.25, 0.3) is 0 Å². The number of rotatable bonds is 3. The molecule has 0 spiro atoms. The monoisotopic (exact) mass is 411 g/mol. The molecule has 0 bridgehead atoms. The molecule has 16 heavy (non-hydrogen) atoms. The van der Waals surface area contributed by atoms with Crippen LogP contribution in [0.2, 0.25) is 0 Å². The minimum absolute atomic E-state index is 0.0357. The number of nitrogens with zero attached hydrogens (tertiary/aromatic N) is 1. The first kappa shape index (κ1) is 13.8. The lowest BCUT2D eigenvalue weighted by Crippen LogP contribution is -2.19. The van der Waals surface area contributed by atoms with E-state index in [0.29, 0.717) is 10.9 Å². The summed E-state index contributed by atoms with van der Waals surface area (Å²) in [5.74, 6) is -0.374. The highest BCUT2D eigenvalue weighted by Crippen LogP contribution is 2.38. The molecule has 0 aliphatic carbocycles. The first-order chi connectivity index (χ1) is 7.39. The molecule has 0 atom stereocenters. The summed E-state index contributed by atoms with van der Waals surface area (Å²) in [5, 5.41) is 0.328. The van der Waals surface area contributed by atoms with Crippen molar-refractivity contribution >= 4 is 38.5 Å². The van der Waals surface area contributed by atoms with E-state index >= 15 is 0 Å². The van der Waals surface area contributed by atoms with E-state index < -0.39 is 12.1 Å². The van der Waals surface area contributed by atoms with Crippen LogP contribution in [0.4, 0.5) is 13.2 Å². The van der Waals surface area contributed by atoms with Crippen molar-refractivity contribution in [3.63, 3.8) is 0 Å². The molecule has 0 aliphatic rings. The number of hydrogen-bond acceptors (Lipinski definition) is 3. The summed E-state index contributed by atoms with van der Waals surface area (Å²) in [6.45, 7) is 0. The maximum atomic E-state index is 12.2. The molecule has 0 unspecified atom stereocenters. The molecule has 0 radical (unpaired) electrons. The van der Waals surface area contributed by atoms with Gasteiger partial charge in [-0.1, -0.05) is 15.9 Å². The van der Waals surface area contributed by atoms with E-state index in [0.717, 1.165) is 0 Å². The first-order valence-corrected chi connectivity index (χ1v) is 6.12. The lowest BCUT2D eigenvalue weighted by Gasteiger charge is -2.15. The second-order valence-corrected chi connectivity index (χ2v) is 4.20. The highest BCUT2D eigenvalue weighted by molar-refractivity contribution is 14.1. The minimum Gasteiger partial charge on any atom is -0.492 e. The van der Waals surface area contributed by atoms with Gasteiger partial charge in [-0.15, -0.1) is 13.2 Å². The third-order valence-corrected chi connectivity index (χ3v) is 2.96. The SMILES string of the molecule is COc1c(CBr)cnc(I)c1OC(F)(F)F. The number of hydrogen-bond donors (Lipinski definition) is 0. The highest BCUT2D eigenvalue weighted by Gasteiger charge is 2.34. The fourth-order valence-electron chi connectivity index (χ4n) is 1.01. The average molecular weight is 412 g/mol. The Morgan fingerprint density at radius 2 is 2.06 bits per heavy atom. The second-order valence-electron chi connectivity index (χ2n) is 2.62. The predicted molar refractivity (Wildman–Crippen MR) is 62.8 cm³/mol. The Morgan fingerprint density at radius 1 is 1.44 bits per heavy atom. The van der Waals surface area contributed by atoms with E-state index in [9.17, 15) is 13.2 Å². The molecule has 1 aromatic heterocycles. The van der Waals surface area contributed by atoms with E-state index in [-0.39, 0.29) is 9.45 Å². The van der Waals surface area contributed by atoms with E-state index in [1.165, 1.54) is 13.3 Å². The van der Waals surface area contributed by atoms with Gasteiger partial charge in [-0.2, -0.15) is 0 Å². The van der Waals surface area contributed by atoms with Gasteiger partial charge in [0.05, 0.1) is 7.11 Å². The maximum Gasteiger partial charge on any atom is 0.573 e. The summed E-state index contributed by atoms with van der Waals surface area (Å²) < 4.78 is 45.3. The Hall–Kier alpha value is -0.250. The normalized spacial score (nSPS) is 11.4. The van der Waals surface area contributed by atoms with Crippen molar-refractivity contribution in [3.8, 4) is 11.5 Å². The van der Waals surface area contributed by atoms with Gasteiger partial charge in [0.2, 0.25) is 5.75 Å². The Bertz CT molecular complexity index is 386. The van der Waals surface area contributed by atoms with Gasteiger partial charge >= 0.3 is 6.36 Å². The number of halogens is 5. The van der Waals surface area contributed by atoms with Crippen molar-refractivity contribution in [3.05, 3.63) is 15.5 Å². The van der Waals surface area contributed by atoms with Gasteiger partial charge in [-0.3, -0.25) is 0 Å². The van der Waals surface area contributed by atoms with Crippen LogP contribution in [0.15, 0.2) is 6.20 Å². The van der Waals surface area contributed by atoms with Gasteiger partial charge < -0.3 is 9.47 Å². The molecule has 1 aromatic rings. The molecule has 0 amide bonds. The molecular formula is C8H6BrF3INO2. The van der Waals surface area contributed by atoms with Crippen molar-refractivity contribution in [1.29, 1.82) is 0 Å². The molecule has 1 heterocycles. The van der Waals surface area contributed by atoms with Gasteiger partial charge in [-0.25, -0.2) is 4.98 Å². The standard InChI is InChI=1S/C8H6BrF3INO2/c1-15-5-4(2-9)3-14-7(13)6(5)16-8(10,11)12/h3H,2H2,1H3. The van der Waals surface area contributed by atoms with Gasteiger partial charge in [-0.05, 0) is 22.6 Å². The van der Waals surface area contributed by atoms with Gasteiger partial charge in [0.15, 0.2) is 5.75 Å². The summed E-state index contributed by atoms with van der Waals surface area (Å²) in [6.07, 6.45) is -3.33. The highest BCUT2D eigenvalue weighted by atomic mass is 127. The second kappa shape index (κ2) is 5.39. The Labute approximate surface area is 112 Å². The molecular weight excluding hydrogens is 406 g/mol. The van der Waals surface area contributed by atoms with Crippen molar-refractivity contribution in [2.45, 2.75) is 11.7 Å². The number of alkyl halides is 4. The fourth-order valence-corrected chi connectivity index (χ4v) is 1.91. The van der Waals surface area contributed by atoms with Crippen molar-refractivity contribution in [2.75, 3.05) is 7.11 Å². The predicted octanol–water partition coefficient (Wildman–Crippen LogP) is 3.49. The minimum atomic E-state index is -4.76. The molecule has 0 N–H and O–H groups in total. The zero-order valence-electron chi connectivity index (χ0n) is 7.94. The van der Waals surface area contributed by atoms with Crippen molar-refractivity contribution in [1.82, 2.24) is 4.98 Å². The number of pyridine rings is 1. The zero-order chi connectivity index (χ0) is 12.3. The van der Waals surface area contributed by atoms with Crippen LogP contribution < -0.4 is 9.47 Å². The van der Waals surface area contributed by atoms with Crippen LogP contribution >= 0.6 is 38.5 Å². The zero-order valence-corrected chi connectivity index (χ0v) is 11.7. The molecule has 3 nitrogen and oxygen atoms in total. The molecule has 90 valence electrons. The quantitative estimate of drug-likeness (QED) is 0.433. The third-order valence-electron chi connectivity index (χ3n) is 1.58. The molecule has 0 aliphatic heterocycles. The fraction of sp³-hybridized carbons (Fsp3) is 0.375. The Balaban J connectivity index is 3.23. The third kappa shape index (κ3) is 3.37. The van der Waals surface area contributed by atoms with Gasteiger partial charge in [0.1, 0.15) is 3.70 Å². The number of ether oxygens (including phenoxy) is 2. The largest absolute Gasteiger partial charge is 0.573 e. The summed E-state index contributed by atoms with van der Waals surface area (Å²) in [5.41, 5.74) is 0.488. The van der Waals surface area contributed by atoms with Crippen molar-refractivity contribution < 1.29 is 22.6 Å². The number of aromatic nitrogens is 1. The van der Waals surface area contributed by atoms with Crippen LogP contribution in [0.5, 0.6) is 11.5 Å². The Morgan fingerprint density at radius 3 is 2.50 bits per heavy atom. The van der Waals surface area contributed by atoms with Crippen LogP contribution in [0.3, 0.4) is 0 Å². The van der Waals surface area contributed by atoms with Crippen LogP contribution in [0, 0.1) is 3.70 Å². The summed E-state index contributed by atoms with van der Waals surface area (Å²) in [4.78, 5) is 3.79. The van der Waals surface area contributed by atoms with Crippen LogP contribution in [-0.4, -0.2) is 18.5 Å². The van der Waals surface area contributed by atoms with Gasteiger partial charge in [0, 0.05) is 17.1 Å². The molecule has 0 saturated carbocycles. The molecule has 0 aromatic carbocycles. The van der Waals surface area contributed by atoms with E-state index in [1.54, 1.807) is 22.6 Å². The van der Waals surface area contributed by atoms with Crippen LogP contribution in [0.1, 0.15) is 5.56 Å². The summed E-state index contributed by atoms with van der Waals surface area (Å²) in [7, 11) is 1.28. The van der Waals surface area contributed by atoms with E-state index in [2.05, 4.69) is 25.7 Å². The average Bonchev–Trinajstić information content (AvgIpc) is 2.19. The van der Waals surface area contributed by atoms with E-state index in [1.807, 2.05) is 0 Å². The Kier molecular flexibility index (Phi) is 4.65. The van der Waals surface area contributed by atoms with E-state index in [4.69, 9.17) is 4.74 Å². The molecule has 0 saturated heterocycles. The first-order valence-electron chi connectivity index (χ1n) is 3.92. The van der Waals surface area contributed by atoms with Crippen molar-refractivity contribution in [2.24, 2.45) is 0 Å². The topological polar surface area (TPSA) is 31.4 Å². The lowest BCUT2D eigenvalue weighted by molar-refractivity contribution is -0.275. The summed E-state index contributed by atoms with van der Waals surface area (Å²) in [6, 6.07) is 0. The lowest BCUT2D eigenvalue weighted by atomic mass is 10.3. The number of methoxy groups -OCH3 is 1. The maximum absolute atomic E-state index is 12.2. The summed E-state index contributed by atoms with van der Waals surface area (Å²) >= 11 is 4.78.